The van der Waals surface area contributed by atoms with E-state index in [1.54, 1.807) is 7.11 Å². The molecule has 1 amide bonds. The number of carbonyl (C=O) groups excluding carboxylic acids is 1. The van der Waals surface area contributed by atoms with Crippen LogP contribution in [0.15, 0.2) is 24.3 Å². The van der Waals surface area contributed by atoms with Crippen molar-refractivity contribution in [3.05, 3.63) is 29.8 Å². The predicted octanol–water partition coefficient (Wildman–Crippen LogP) is 1.40. The number of benzene rings is 1. The van der Waals surface area contributed by atoms with Crippen LogP contribution < -0.4 is 10.1 Å². The molecule has 104 valence electrons. The van der Waals surface area contributed by atoms with Gasteiger partial charge < -0.3 is 15.0 Å². The number of rotatable bonds is 6. The van der Waals surface area contributed by atoms with Crippen LogP contribution in [-0.2, 0) is 10.2 Å². The van der Waals surface area contributed by atoms with Gasteiger partial charge in [-0.05, 0) is 33.0 Å². The maximum absolute atomic E-state index is 11.7. The summed E-state index contributed by atoms with van der Waals surface area (Å²) in [7, 11) is 5.49. The Bertz CT molecular complexity index is 453. The van der Waals surface area contributed by atoms with Gasteiger partial charge in [0.05, 0.1) is 13.7 Å². The summed E-state index contributed by atoms with van der Waals surface area (Å²) in [5.41, 5.74) is 1.29. The third kappa shape index (κ3) is 3.26. The van der Waals surface area contributed by atoms with Crippen LogP contribution in [0.3, 0.4) is 0 Å². The summed E-state index contributed by atoms with van der Waals surface area (Å²) in [4.78, 5) is 13.6. The van der Waals surface area contributed by atoms with Crippen LogP contribution in [0.5, 0.6) is 5.75 Å². The van der Waals surface area contributed by atoms with E-state index in [0.717, 1.165) is 18.6 Å². The fraction of sp³-hybridized carbons (Fsp3) is 0.533. The molecule has 0 heterocycles. The van der Waals surface area contributed by atoms with E-state index in [-0.39, 0.29) is 11.3 Å². The van der Waals surface area contributed by atoms with Gasteiger partial charge in [-0.15, -0.1) is 0 Å². The molecule has 4 nitrogen and oxygen atoms in total. The number of para-hydroxylation sites is 1. The van der Waals surface area contributed by atoms with Crippen LogP contribution in [0, 0.1) is 0 Å². The first-order valence-electron chi connectivity index (χ1n) is 6.62. The largest absolute Gasteiger partial charge is 0.496 e. The van der Waals surface area contributed by atoms with E-state index in [0.29, 0.717) is 13.1 Å². The number of methoxy groups -OCH3 is 1. The third-order valence-corrected chi connectivity index (χ3v) is 3.62. The number of likely N-dealkylation sites (N-methyl/N-ethyl adjacent to an activating group) is 1. The van der Waals surface area contributed by atoms with E-state index in [4.69, 9.17) is 4.74 Å². The number of nitrogens with zero attached hydrogens (tertiary/aromatic N) is 1. The Morgan fingerprint density at radius 2 is 2.05 bits per heavy atom. The lowest BCUT2D eigenvalue weighted by Gasteiger charge is -2.20. The third-order valence-electron chi connectivity index (χ3n) is 3.62. The molecule has 2 rings (SSSR count). The van der Waals surface area contributed by atoms with Gasteiger partial charge in [0.25, 0.3) is 0 Å². The normalized spacial score (nSPS) is 16.2. The molecule has 0 radical (unpaired) electrons. The number of ether oxygens (including phenoxy) is 1. The predicted molar refractivity (Wildman–Crippen MR) is 75.5 cm³/mol. The minimum atomic E-state index is 0.0752. The average molecular weight is 262 g/mol. The summed E-state index contributed by atoms with van der Waals surface area (Å²) < 4.78 is 5.42. The lowest BCUT2D eigenvalue weighted by Crippen LogP contribution is -2.37. The van der Waals surface area contributed by atoms with Gasteiger partial charge in [-0.1, -0.05) is 18.2 Å². The van der Waals surface area contributed by atoms with Crippen LogP contribution in [0.1, 0.15) is 18.4 Å². The molecule has 0 aromatic heterocycles. The van der Waals surface area contributed by atoms with Crippen molar-refractivity contribution in [3.8, 4) is 5.75 Å². The number of carbonyl (C=O) groups is 1. The smallest absolute Gasteiger partial charge is 0.234 e. The second kappa shape index (κ2) is 5.61. The second-order valence-electron chi connectivity index (χ2n) is 5.50. The molecule has 0 saturated heterocycles. The maximum Gasteiger partial charge on any atom is 0.234 e. The zero-order chi connectivity index (χ0) is 13.9. The Morgan fingerprint density at radius 3 is 2.63 bits per heavy atom. The van der Waals surface area contributed by atoms with Gasteiger partial charge in [0.2, 0.25) is 5.91 Å². The summed E-state index contributed by atoms with van der Waals surface area (Å²) in [5, 5.41) is 3.03. The lowest BCUT2D eigenvalue weighted by atomic mass is 9.95. The zero-order valence-corrected chi connectivity index (χ0v) is 11.9. The van der Waals surface area contributed by atoms with Gasteiger partial charge in [-0.25, -0.2) is 0 Å². The molecule has 0 bridgehead atoms. The van der Waals surface area contributed by atoms with Crippen molar-refractivity contribution in [3.63, 3.8) is 0 Å². The SMILES string of the molecule is COc1ccccc1C1(CNC(=O)CN(C)C)CC1. The molecule has 0 spiro atoms. The fourth-order valence-electron chi connectivity index (χ4n) is 2.39. The quantitative estimate of drug-likeness (QED) is 0.842. The molecule has 1 aromatic carbocycles. The highest BCUT2D eigenvalue weighted by Crippen LogP contribution is 2.50. The Balaban J connectivity index is 2.01. The van der Waals surface area contributed by atoms with Crippen molar-refractivity contribution in [2.24, 2.45) is 0 Å². The first-order chi connectivity index (χ1) is 9.07. The summed E-state index contributed by atoms with van der Waals surface area (Å²) in [6.45, 7) is 1.13. The minimum Gasteiger partial charge on any atom is -0.496 e. The summed E-state index contributed by atoms with van der Waals surface area (Å²) in [6, 6.07) is 8.09. The van der Waals surface area contributed by atoms with Crippen molar-refractivity contribution >= 4 is 5.91 Å². The molecule has 1 aromatic rings. The summed E-state index contributed by atoms with van der Waals surface area (Å²) >= 11 is 0. The highest BCUT2D eigenvalue weighted by Gasteiger charge is 2.46. The van der Waals surface area contributed by atoms with Crippen molar-refractivity contribution in [1.29, 1.82) is 0 Å². The topological polar surface area (TPSA) is 41.6 Å². The number of hydrogen-bond donors (Lipinski definition) is 1. The van der Waals surface area contributed by atoms with Gasteiger partial charge in [0, 0.05) is 17.5 Å². The Hall–Kier alpha value is -1.55. The molecule has 1 aliphatic carbocycles. The molecule has 0 aliphatic heterocycles. The lowest BCUT2D eigenvalue weighted by molar-refractivity contribution is -0.121. The van der Waals surface area contributed by atoms with E-state index in [1.165, 1.54) is 5.56 Å². The van der Waals surface area contributed by atoms with Crippen molar-refractivity contribution in [1.82, 2.24) is 10.2 Å². The first kappa shape index (κ1) is 13.9. The molecule has 4 heteroatoms. The standard InChI is InChI=1S/C15H22N2O2/c1-17(2)10-14(18)16-11-15(8-9-15)12-6-4-5-7-13(12)19-3/h4-7H,8-11H2,1-3H3,(H,16,18). The molecule has 1 N–H and O–H groups in total. The molecule has 1 aliphatic rings. The van der Waals surface area contributed by atoms with E-state index in [9.17, 15) is 4.79 Å². The van der Waals surface area contributed by atoms with Gasteiger partial charge >= 0.3 is 0 Å². The van der Waals surface area contributed by atoms with Crippen LogP contribution in [-0.4, -0.2) is 45.1 Å². The van der Waals surface area contributed by atoms with E-state index >= 15 is 0 Å². The molecule has 1 saturated carbocycles. The van der Waals surface area contributed by atoms with Crippen LogP contribution in [0.2, 0.25) is 0 Å². The highest BCUT2D eigenvalue weighted by molar-refractivity contribution is 5.78. The van der Waals surface area contributed by atoms with Crippen LogP contribution in [0.25, 0.3) is 0 Å². The Kier molecular flexibility index (Phi) is 4.10. The van der Waals surface area contributed by atoms with Gasteiger partial charge in [0.1, 0.15) is 5.75 Å². The van der Waals surface area contributed by atoms with E-state index in [2.05, 4.69) is 11.4 Å². The highest BCUT2D eigenvalue weighted by atomic mass is 16.5. The van der Waals surface area contributed by atoms with E-state index in [1.807, 2.05) is 37.2 Å². The molecular weight excluding hydrogens is 240 g/mol. The maximum atomic E-state index is 11.7. The number of hydrogen-bond acceptors (Lipinski definition) is 3. The Labute approximate surface area is 114 Å². The molecule has 0 unspecified atom stereocenters. The minimum absolute atomic E-state index is 0.0752. The molecule has 1 fully saturated rings. The van der Waals surface area contributed by atoms with Gasteiger partial charge in [-0.2, -0.15) is 0 Å². The fourth-order valence-corrected chi connectivity index (χ4v) is 2.39. The van der Waals surface area contributed by atoms with Crippen LogP contribution in [0.4, 0.5) is 0 Å². The molecular formula is C15H22N2O2. The molecule has 19 heavy (non-hydrogen) atoms. The summed E-state index contributed by atoms with van der Waals surface area (Å²) in [6.07, 6.45) is 2.21. The summed E-state index contributed by atoms with van der Waals surface area (Å²) in [5.74, 6) is 0.994. The van der Waals surface area contributed by atoms with Crippen molar-refractivity contribution in [2.45, 2.75) is 18.3 Å². The van der Waals surface area contributed by atoms with Crippen molar-refractivity contribution in [2.75, 3.05) is 34.3 Å². The number of amides is 1. The van der Waals surface area contributed by atoms with Gasteiger partial charge in [0.15, 0.2) is 0 Å². The zero-order valence-electron chi connectivity index (χ0n) is 11.9. The number of nitrogens with one attached hydrogen (secondary N) is 1. The second-order valence-corrected chi connectivity index (χ2v) is 5.50. The van der Waals surface area contributed by atoms with Crippen LogP contribution >= 0.6 is 0 Å². The van der Waals surface area contributed by atoms with Gasteiger partial charge in [-0.3, -0.25) is 4.79 Å². The monoisotopic (exact) mass is 262 g/mol. The Morgan fingerprint density at radius 1 is 1.37 bits per heavy atom. The molecule has 0 atom stereocenters. The van der Waals surface area contributed by atoms with Crippen molar-refractivity contribution < 1.29 is 9.53 Å². The van der Waals surface area contributed by atoms with E-state index < -0.39 is 0 Å². The first-order valence-corrected chi connectivity index (χ1v) is 6.62. The average Bonchev–Trinajstić information content (AvgIpc) is 3.17.